The molecule has 0 aliphatic rings. The van der Waals surface area contributed by atoms with E-state index in [1.165, 1.54) is 32.1 Å². The summed E-state index contributed by atoms with van der Waals surface area (Å²) in [7, 11) is 0. The molecular weight excluding hydrogens is 150 g/mol. The lowest BCUT2D eigenvalue weighted by atomic mass is 10.1. The minimum Gasteiger partial charge on any atom is -0.345 e. The van der Waals surface area contributed by atoms with E-state index in [0.29, 0.717) is 6.04 Å². The molecule has 1 radical (unpaired) electrons. The van der Waals surface area contributed by atoms with Gasteiger partial charge in [0, 0.05) is 6.04 Å². The molecule has 2 nitrogen and oxygen atoms in total. The van der Waals surface area contributed by atoms with E-state index < -0.39 is 0 Å². The van der Waals surface area contributed by atoms with Crippen molar-refractivity contribution in [1.82, 2.24) is 5.32 Å². The molecule has 0 saturated carbocycles. The fourth-order valence-electron chi connectivity index (χ4n) is 1.23. The lowest BCUT2D eigenvalue weighted by molar-refractivity contribution is 0.498. The van der Waals surface area contributed by atoms with Crippen molar-refractivity contribution in [2.75, 3.05) is 0 Å². The van der Waals surface area contributed by atoms with Crippen LogP contribution in [-0.4, -0.2) is 12.5 Å². The highest BCUT2D eigenvalue weighted by Crippen LogP contribution is 2.06. The predicted octanol–water partition coefficient (Wildman–Crippen LogP) is 2.39. The number of unbranched alkanes of at least 4 members (excludes halogenated alkanes) is 4. The van der Waals surface area contributed by atoms with Gasteiger partial charge in [-0.15, -0.1) is 0 Å². The first-order valence-corrected chi connectivity index (χ1v) is 4.94. The Balaban J connectivity index is 3.02. The standard InChI is InChI=1S/C10H20NO/c1-3-4-5-6-7-8-10(2)11-9-12/h10H,3-8H2,1-2H3,(H,11,12). The van der Waals surface area contributed by atoms with Gasteiger partial charge >= 0.3 is 6.41 Å². The van der Waals surface area contributed by atoms with Gasteiger partial charge in [-0.05, 0) is 13.3 Å². The van der Waals surface area contributed by atoms with Crippen LogP contribution >= 0.6 is 0 Å². The second kappa shape index (κ2) is 8.57. The molecule has 12 heavy (non-hydrogen) atoms. The van der Waals surface area contributed by atoms with Crippen LogP contribution in [0.4, 0.5) is 0 Å². The quantitative estimate of drug-likeness (QED) is 0.440. The molecule has 0 bridgehead atoms. The van der Waals surface area contributed by atoms with Crippen LogP contribution in [0.3, 0.4) is 0 Å². The summed E-state index contributed by atoms with van der Waals surface area (Å²) >= 11 is 0. The van der Waals surface area contributed by atoms with Crippen molar-refractivity contribution in [2.24, 2.45) is 0 Å². The number of carbonyl (C=O) groups excluding carboxylic acids is 1. The van der Waals surface area contributed by atoms with Crippen molar-refractivity contribution in [3.63, 3.8) is 0 Å². The van der Waals surface area contributed by atoms with Crippen LogP contribution in [0.15, 0.2) is 0 Å². The third-order valence-corrected chi connectivity index (χ3v) is 2.05. The molecule has 0 aliphatic carbocycles. The van der Waals surface area contributed by atoms with Crippen molar-refractivity contribution in [3.05, 3.63) is 0 Å². The molecule has 1 amide bonds. The van der Waals surface area contributed by atoms with Crippen LogP contribution in [0.25, 0.3) is 0 Å². The van der Waals surface area contributed by atoms with Gasteiger partial charge in [0.2, 0.25) is 0 Å². The molecule has 0 fully saturated rings. The molecule has 1 atom stereocenters. The number of hydrogen-bond donors (Lipinski definition) is 1. The van der Waals surface area contributed by atoms with E-state index in [0.717, 1.165) is 6.42 Å². The van der Waals surface area contributed by atoms with Crippen LogP contribution in [0, 0.1) is 0 Å². The Morgan fingerprint density at radius 3 is 2.50 bits per heavy atom. The maximum absolute atomic E-state index is 9.91. The summed E-state index contributed by atoms with van der Waals surface area (Å²) in [5, 5.41) is 2.63. The first kappa shape index (κ1) is 11.5. The van der Waals surface area contributed by atoms with E-state index in [9.17, 15) is 4.79 Å². The summed E-state index contributed by atoms with van der Waals surface area (Å²) in [6.07, 6.45) is 9.26. The van der Waals surface area contributed by atoms with Gasteiger partial charge in [0.15, 0.2) is 0 Å². The van der Waals surface area contributed by atoms with Crippen LogP contribution < -0.4 is 5.32 Å². The Bertz CT molecular complexity index is 104. The second-order valence-electron chi connectivity index (χ2n) is 3.35. The van der Waals surface area contributed by atoms with Crippen LogP contribution in [0.5, 0.6) is 0 Å². The largest absolute Gasteiger partial charge is 0.345 e. The topological polar surface area (TPSA) is 29.1 Å². The van der Waals surface area contributed by atoms with Crippen LogP contribution in [-0.2, 0) is 4.79 Å². The third-order valence-electron chi connectivity index (χ3n) is 2.05. The molecule has 71 valence electrons. The van der Waals surface area contributed by atoms with E-state index in [1.807, 2.05) is 6.92 Å². The molecule has 0 aromatic rings. The number of amides is 1. The monoisotopic (exact) mass is 170 g/mol. The summed E-state index contributed by atoms with van der Waals surface area (Å²) in [6, 6.07) is 0.295. The summed E-state index contributed by atoms with van der Waals surface area (Å²) < 4.78 is 0. The van der Waals surface area contributed by atoms with Crippen LogP contribution in [0.1, 0.15) is 52.4 Å². The molecule has 1 unspecified atom stereocenters. The van der Waals surface area contributed by atoms with Gasteiger partial charge < -0.3 is 5.32 Å². The van der Waals surface area contributed by atoms with Gasteiger partial charge in [0.25, 0.3) is 0 Å². The fraction of sp³-hybridized carbons (Fsp3) is 0.900. The molecule has 0 saturated heterocycles. The van der Waals surface area contributed by atoms with Gasteiger partial charge in [0.1, 0.15) is 0 Å². The average molecular weight is 170 g/mol. The van der Waals surface area contributed by atoms with Gasteiger partial charge in [0.05, 0.1) is 0 Å². The summed E-state index contributed by atoms with van der Waals surface area (Å²) in [5.41, 5.74) is 0. The second-order valence-corrected chi connectivity index (χ2v) is 3.35. The lowest BCUT2D eigenvalue weighted by Crippen LogP contribution is -2.23. The van der Waals surface area contributed by atoms with Crippen LogP contribution in [0.2, 0.25) is 0 Å². The minimum absolute atomic E-state index is 0.295. The van der Waals surface area contributed by atoms with Crippen molar-refractivity contribution in [3.8, 4) is 0 Å². The fourth-order valence-corrected chi connectivity index (χ4v) is 1.23. The number of rotatable bonds is 8. The summed E-state index contributed by atoms with van der Waals surface area (Å²) in [4.78, 5) is 9.91. The zero-order valence-corrected chi connectivity index (χ0v) is 8.23. The molecule has 0 spiro atoms. The van der Waals surface area contributed by atoms with Crippen molar-refractivity contribution in [1.29, 1.82) is 0 Å². The van der Waals surface area contributed by atoms with Gasteiger partial charge in [-0.25, -0.2) is 0 Å². The van der Waals surface area contributed by atoms with Gasteiger partial charge in [-0.3, -0.25) is 4.79 Å². The average Bonchev–Trinajstić information content (AvgIpc) is 2.05. The third kappa shape index (κ3) is 7.58. The zero-order valence-electron chi connectivity index (χ0n) is 8.23. The summed E-state index contributed by atoms with van der Waals surface area (Å²) in [6.45, 7) is 4.23. The molecule has 0 aromatic carbocycles. The number of hydrogen-bond acceptors (Lipinski definition) is 1. The highest BCUT2D eigenvalue weighted by atomic mass is 16.1. The van der Waals surface area contributed by atoms with Crippen molar-refractivity contribution in [2.45, 2.75) is 58.4 Å². The van der Waals surface area contributed by atoms with E-state index in [2.05, 4.69) is 12.2 Å². The van der Waals surface area contributed by atoms with Crippen molar-refractivity contribution < 1.29 is 4.79 Å². The lowest BCUT2D eigenvalue weighted by Gasteiger charge is -2.08. The first-order valence-electron chi connectivity index (χ1n) is 4.94. The molecule has 0 heterocycles. The maximum Gasteiger partial charge on any atom is 0.309 e. The van der Waals surface area contributed by atoms with Gasteiger partial charge in [-0.1, -0.05) is 39.0 Å². The molecular formula is C10H20NO. The number of nitrogens with one attached hydrogen (secondary N) is 1. The predicted molar refractivity (Wildman–Crippen MR) is 51.7 cm³/mol. The molecule has 2 heteroatoms. The van der Waals surface area contributed by atoms with Crippen molar-refractivity contribution >= 4 is 6.41 Å². The Hall–Kier alpha value is -0.530. The maximum atomic E-state index is 9.91. The first-order chi connectivity index (χ1) is 5.81. The summed E-state index contributed by atoms with van der Waals surface area (Å²) in [5.74, 6) is 0. The highest BCUT2D eigenvalue weighted by Gasteiger charge is 1.98. The molecule has 0 rings (SSSR count). The molecule has 0 aliphatic heterocycles. The Kier molecular flexibility index (Phi) is 8.19. The minimum atomic E-state index is 0.295. The van der Waals surface area contributed by atoms with E-state index in [4.69, 9.17) is 0 Å². The van der Waals surface area contributed by atoms with E-state index in [1.54, 1.807) is 6.41 Å². The molecule has 1 N–H and O–H groups in total. The van der Waals surface area contributed by atoms with E-state index in [-0.39, 0.29) is 0 Å². The smallest absolute Gasteiger partial charge is 0.309 e. The Morgan fingerprint density at radius 1 is 1.25 bits per heavy atom. The zero-order chi connectivity index (χ0) is 9.23. The molecule has 0 aromatic heterocycles. The Labute approximate surface area is 75.7 Å². The Morgan fingerprint density at radius 2 is 1.92 bits per heavy atom. The SMILES string of the molecule is CCCCCCCC(C)N[C]=O. The highest BCUT2D eigenvalue weighted by molar-refractivity contribution is 5.47. The van der Waals surface area contributed by atoms with E-state index >= 15 is 0 Å². The normalized spacial score (nSPS) is 12.5. The van der Waals surface area contributed by atoms with Gasteiger partial charge in [-0.2, -0.15) is 0 Å².